The molecule has 0 heterocycles. The van der Waals surface area contributed by atoms with Crippen LogP contribution in [0.2, 0.25) is 5.02 Å². The van der Waals surface area contributed by atoms with E-state index >= 15 is 0 Å². The molecule has 2 atom stereocenters. The van der Waals surface area contributed by atoms with Crippen LogP contribution in [0.1, 0.15) is 25.3 Å². The Labute approximate surface area is 123 Å². The zero-order valence-corrected chi connectivity index (χ0v) is 12.2. The molecular formula is C15H19ClN2O2. The average molecular weight is 295 g/mol. The first-order chi connectivity index (χ1) is 9.56. The van der Waals surface area contributed by atoms with E-state index in [4.69, 9.17) is 11.6 Å². The van der Waals surface area contributed by atoms with Gasteiger partial charge in [0.2, 0.25) is 11.8 Å². The van der Waals surface area contributed by atoms with E-state index in [9.17, 15) is 9.59 Å². The van der Waals surface area contributed by atoms with Gasteiger partial charge < -0.3 is 10.6 Å². The van der Waals surface area contributed by atoms with Gasteiger partial charge >= 0.3 is 0 Å². The lowest BCUT2D eigenvalue weighted by Gasteiger charge is -2.07. The highest BCUT2D eigenvalue weighted by molar-refractivity contribution is 6.30. The number of carbonyl (C=O) groups is 2. The molecule has 4 nitrogen and oxygen atoms in total. The summed E-state index contributed by atoms with van der Waals surface area (Å²) in [4.78, 5) is 23.2. The lowest BCUT2D eigenvalue weighted by Crippen LogP contribution is -2.31. The van der Waals surface area contributed by atoms with E-state index in [0.717, 1.165) is 12.0 Å². The second-order valence-electron chi connectivity index (χ2n) is 5.27. The van der Waals surface area contributed by atoms with Crippen LogP contribution < -0.4 is 10.6 Å². The van der Waals surface area contributed by atoms with Crippen molar-refractivity contribution in [3.05, 3.63) is 34.9 Å². The first-order valence-electron chi connectivity index (χ1n) is 6.85. The summed E-state index contributed by atoms with van der Waals surface area (Å²) >= 11 is 5.87. The summed E-state index contributed by atoms with van der Waals surface area (Å²) < 4.78 is 0. The van der Waals surface area contributed by atoms with Crippen molar-refractivity contribution in [3.63, 3.8) is 0 Å². The third kappa shape index (κ3) is 4.53. The summed E-state index contributed by atoms with van der Waals surface area (Å²) in [6.07, 6.45) is 1.26. The molecular weight excluding hydrogens is 276 g/mol. The fourth-order valence-electron chi connectivity index (χ4n) is 2.05. The van der Waals surface area contributed by atoms with E-state index in [-0.39, 0.29) is 17.7 Å². The molecule has 1 saturated carbocycles. The van der Waals surface area contributed by atoms with Gasteiger partial charge in [-0.05, 0) is 30.0 Å². The van der Waals surface area contributed by atoms with Crippen LogP contribution in [-0.2, 0) is 16.1 Å². The summed E-state index contributed by atoms with van der Waals surface area (Å²) in [6, 6.07) is 7.36. The number of benzene rings is 1. The van der Waals surface area contributed by atoms with Gasteiger partial charge in [0, 0.05) is 30.5 Å². The fraction of sp³-hybridized carbons (Fsp3) is 0.467. The summed E-state index contributed by atoms with van der Waals surface area (Å²) in [6.45, 7) is 2.90. The zero-order valence-electron chi connectivity index (χ0n) is 11.5. The van der Waals surface area contributed by atoms with Crippen molar-refractivity contribution < 1.29 is 9.59 Å². The van der Waals surface area contributed by atoms with Crippen LogP contribution in [0.15, 0.2) is 24.3 Å². The van der Waals surface area contributed by atoms with Gasteiger partial charge in [0.25, 0.3) is 0 Å². The van der Waals surface area contributed by atoms with Gasteiger partial charge in [-0.2, -0.15) is 0 Å². The molecule has 1 aliphatic carbocycles. The first kappa shape index (κ1) is 14.9. The van der Waals surface area contributed by atoms with E-state index in [1.54, 1.807) is 6.07 Å². The van der Waals surface area contributed by atoms with Crippen LogP contribution in [0, 0.1) is 11.8 Å². The van der Waals surface area contributed by atoms with E-state index in [2.05, 4.69) is 17.6 Å². The molecule has 2 unspecified atom stereocenters. The Morgan fingerprint density at radius 2 is 2.10 bits per heavy atom. The van der Waals surface area contributed by atoms with Crippen LogP contribution in [0.4, 0.5) is 0 Å². The predicted octanol–water partition coefficient (Wildman–Crippen LogP) is 2.12. The van der Waals surface area contributed by atoms with E-state index in [0.29, 0.717) is 30.5 Å². The Balaban J connectivity index is 1.62. The highest BCUT2D eigenvalue weighted by Gasteiger charge is 2.38. The van der Waals surface area contributed by atoms with Gasteiger partial charge in [0.15, 0.2) is 0 Å². The first-order valence-corrected chi connectivity index (χ1v) is 7.23. The smallest absolute Gasteiger partial charge is 0.223 e. The molecule has 0 spiro atoms. The summed E-state index contributed by atoms with van der Waals surface area (Å²) in [5.74, 6) is 0.644. The molecule has 2 rings (SSSR count). The fourth-order valence-corrected chi connectivity index (χ4v) is 2.27. The highest BCUT2D eigenvalue weighted by atomic mass is 35.5. The number of carbonyl (C=O) groups excluding carboxylic acids is 2. The second-order valence-corrected chi connectivity index (χ2v) is 5.70. The monoisotopic (exact) mass is 294 g/mol. The number of hydrogen-bond acceptors (Lipinski definition) is 2. The van der Waals surface area contributed by atoms with Crippen molar-refractivity contribution >= 4 is 23.4 Å². The molecule has 1 fully saturated rings. The Bertz CT molecular complexity index is 504. The van der Waals surface area contributed by atoms with Crippen LogP contribution in [-0.4, -0.2) is 18.4 Å². The van der Waals surface area contributed by atoms with E-state index < -0.39 is 0 Å². The maximum absolute atomic E-state index is 11.6. The normalized spacial score (nSPS) is 20.3. The molecule has 2 N–H and O–H groups in total. The standard InChI is InChI=1S/C15H19ClN2O2/c1-10-7-13(10)15(20)17-6-5-14(19)18-9-11-3-2-4-12(16)8-11/h2-4,8,10,13H,5-7,9H2,1H3,(H,17,20)(H,18,19). The lowest BCUT2D eigenvalue weighted by molar-refractivity contribution is -0.123. The maximum atomic E-state index is 11.6. The van der Waals surface area contributed by atoms with Crippen LogP contribution in [0.3, 0.4) is 0 Å². The molecule has 5 heteroatoms. The van der Waals surface area contributed by atoms with Gasteiger partial charge in [-0.1, -0.05) is 30.7 Å². The molecule has 20 heavy (non-hydrogen) atoms. The van der Waals surface area contributed by atoms with Gasteiger partial charge in [0.1, 0.15) is 0 Å². The quantitative estimate of drug-likeness (QED) is 0.844. The Kier molecular flexibility index (Phi) is 5.01. The van der Waals surface area contributed by atoms with Crippen molar-refractivity contribution in [1.29, 1.82) is 0 Å². The SMILES string of the molecule is CC1CC1C(=O)NCCC(=O)NCc1cccc(Cl)c1. The van der Waals surface area contributed by atoms with Crippen LogP contribution >= 0.6 is 11.6 Å². The minimum atomic E-state index is -0.0749. The maximum Gasteiger partial charge on any atom is 0.223 e. The lowest BCUT2D eigenvalue weighted by atomic mass is 10.2. The number of amides is 2. The van der Waals surface area contributed by atoms with Crippen molar-refractivity contribution in [2.45, 2.75) is 26.3 Å². The molecule has 0 saturated heterocycles. The molecule has 108 valence electrons. The average Bonchev–Trinajstić information content (AvgIpc) is 3.14. The molecule has 0 aromatic heterocycles. The molecule has 0 aliphatic heterocycles. The zero-order chi connectivity index (χ0) is 14.5. The molecule has 0 bridgehead atoms. The van der Waals surface area contributed by atoms with Crippen LogP contribution in [0.5, 0.6) is 0 Å². The molecule has 1 aromatic carbocycles. The highest BCUT2D eigenvalue weighted by Crippen LogP contribution is 2.37. The largest absolute Gasteiger partial charge is 0.355 e. The number of rotatable bonds is 6. The minimum Gasteiger partial charge on any atom is -0.355 e. The van der Waals surface area contributed by atoms with Crippen molar-refractivity contribution in [2.24, 2.45) is 11.8 Å². The Hall–Kier alpha value is -1.55. The van der Waals surface area contributed by atoms with Crippen molar-refractivity contribution in [2.75, 3.05) is 6.54 Å². The third-order valence-corrected chi connectivity index (χ3v) is 3.71. The van der Waals surface area contributed by atoms with Gasteiger partial charge in [-0.15, -0.1) is 0 Å². The summed E-state index contributed by atoms with van der Waals surface area (Å²) in [5.41, 5.74) is 0.960. The van der Waals surface area contributed by atoms with Gasteiger partial charge in [-0.3, -0.25) is 9.59 Å². The van der Waals surface area contributed by atoms with E-state index in [1.165, 1.54) is 0 Å². The Morgan fingerprint density at radius 1 is 1.35 bits per heavy atom. The molecule has 0 radical (unpaired) electrons. The van der Waals surface area contributed by atoms with Gasteiger partial charge in [-0.25, -0.2) is 0 Å². The molecule has 1 aliphatic rings. The van der Waals surface area contributed by atoms with Gasteiger partial charge in [0.05, 0.1) is 0 Å². The summed E-state index contributed by atoms with van der Waals surface area (Å²) in [7, 11) is 0. The second kappa shape index (κ2) is 6.75. The Morgan fingerprint density at radius 3 is 2.75 bits per heavy atom. The molecule has 2 amide bonds. The van der Waals surface area contributed by atoms with Crippen molar-refractivity contribution in [3.8, 4) is 0 Å². The predicted molar refractivity (Wildman–Crippen MR) is 78.2 cm³/mol. The molecule has 1 aromatic rings. The number of nitrogens with one attached hydrogen (secondary N) is 2. The summed E-state index contributed by atoms with van der Waals surface area (Å²) in [5, 5.41) is 6.25. The van der Waals surface area contributed by atoms with Crippen LogP contribution in [0.25, 0.3) is 0 Å². The number of hydrogen-bond donors (Lipinski definition) is 2. The van der Waals surface area contributed by atoms with Crippen molar-refractivity contribution in [1.82, 2.24) is 10.6 Å². The third-order valence-electron chi connectivity index (χ3n) is 3.48. The van der Waals surface area contributed by atoms with E-state index in [1.807, 2.05) is 18.2 Å². The minimum absolute atomic E-state index is 0.0696. The number of halogens is 1. The topological polar surface area (TPSA) is 58.2 Å².